The molecule has 2 unspecified atom stereocenters. The second-order valence-electron chi connectivity index (χ2n) is 4.62. The summed E-state index contributed by atoms with van der Waals surface area (Å²) < 4.78 is 5.93. The monoisotopic (exact) mass is 184 g/mol. The van der Waals surface area contributed by atoms with Crippen molar-refractivity contribution in [1.29, 1.82) is 0 Å². The van der Waals surface area contributed by atoms with Gasteiger partial charge in [-0.3, -0.25) is 5.32 Å². The molecule has 2 N–H and O–H groups in total. The number of nitrogens with one attached hydrogen (secondary N) is 2. The Kier molecular flexibility index (Phi) is 2.58. The topological polar surface area (TPSA) is 33.3 Å². The van der Waals surface area contributed by atoms with E-state index in [0.29, 0.717) is 5.92 Å². The van der Waals surface area contributed by atoms with Crippen molar-refractivity contribution in [2.45, 2.75) is 26.0 Å². The first-order valence-corrected chi connectivity index (χ1v) is 5.32. The van der Waals surface area contributed by atoms with Crippen molar-refractivity contribution >= 4 is 0 Å². The first kappa shape index (κ1) is 9.44. The summed E-state index contributed by atoms with van der Waals surface area (Å²) in [5, 5.41) is 6.88. The Labute approximate surface area is 80.2 Å². The van der Waals surface area contributed by atoms with Gasteiger partial charge in [-0.25, -0.2) is 0 Å². The molecule has 0 aromatic heterocycles. The zero-order valence-corrected chi connectivity index (χ0v) is 8.60. The van der Waals surface area contributed by atoms with E-state index in [1.165, 1.54) is 0 Å². The molecule has 0 amide bonds. The van der Waals surface area contributed by atoms with Gasteiger partial charge in [-0.05, 0) is 18.4 Å². The summed E-state index contributed by atoms with van der Waals surface area (Å²) in [5.41, 5.74) is -0.0224. The van der Waals surface area contributed by atoms with Crippen LogP contribution in [0, 0.1) is 11.8 Å². The average molecular weight is 184 g/mol. The molecule has 2 atom stereocenters. The molecule has 76 valence electrons. The lowest BCUT2D eigenvalue weighted by molar-refractivity contribution is -0.109. The fourth-order valence-corrected chi connectivity index (χ4v) is 2.06. The van der Waals surface area contributed by atoms with Crippen molar-refractivity contribution in [3.05, 3.63) is 0 Å². The molecule has 2 heterocycles. The van der Waals surface area contributed by atoms with Crippen LogP contribution in [0.4, 0.5) is 0 Å². The fourth-order valence-electron chi connectivity index (χ4n) is 2.06. The van der Waals surface area contributed by atoms with Crippen molar-refractivity contribution in [2.24, 2.45) is 11.8 Å². The van der Waals surface area contributed by atoms with Crippen molar-refractivity contribution in [2.75, 3.05) is 26.2 Å². The van der Waals surface area contributed by atoms with Crippen molar-refractivity contribution in [3.8, 4) is 0 Å². The second kappa shape index (κ2) is 3.56. The van der Waals surface area contributed by atoms with Crippen LogP contribution in [0.3, 0.4) is 0 Å². The van der Waals surface area contributed by atoms with Crippen molar-refractivity contribution < 1.29 is 4.74 Å². The normalized spacial score (nSPS) is 40.4. The number of ether oxygens (including phenoxy) is 1. The van der Waals surface area contributed by atoms with Gasteiger partial charge in [0.15, 0.2) is 0 Å². The zero-order chi connectivity index (χ0) is 9.31. The number of hydrogen-bond donors (Lipinski definition) is 2. The number of rotatable bonds is 1. The van der Waals surface area contributed by atoms with E-state index in [9.17, 15) is 0 Å². The van der Waals surface area contributed by atoms with Crippen LogP contribution < -0.4 is 10.6 Å². The predicted molar refractivity (Wildman–Crippen MR) is 52.5 cm³/mol. The third-order valence-electron chi connectivity index (χ3n) is 3.32. The first-order valence-electron chi connectivity index (χ1n) is 5.32. The number of hydrogen-bond acceptors (Lipinski definition) is 3. The van der Waals surface area contributed by atoms with Gasteiger partial charge in [0.1, 0.15) is 5.72 Å². The smallest absolute Gasteiger partial charge is 0.132 e. The molecule has 3 nitrogen and oxygen atoms in total. The van der Waals surface area contributed by atoms with Gasteiger partial charge in [0, 0.05) is 19.5 Å². The molecule has 0 aromatic carbocycles. The lowest BCUT2D eigenvalue weighted by Gasteiger charge is -2.39. The Morgan fingerprint density at radius 3 is 2.77 bits per heavy atom. The molecule has 2 aliphatic heterocycles. The van der Waals surface area contributed by atoms with E-state index >= 15 is 0 Å². The SMILES string of the molecule is CC(C)C1CNC2(CCNC2)OC1. The van der Waals surface area contributed by atoms with Crippen LogP contribution in [0.1, 0.15) is 20.3 Å². The van der Waals surface area contributed by atoms with Gasteiger partial charge < -0.3 is 10.1 Å². The lowest BCUT2D eigenvalue weighted by Crippen LogP contribution is -2.56. The molecule has 2 aliphatic rings. The maximum absolute atomic E-state index is 5.93. The van der Waals surface area contributed by atoms with Crippen molar-refractivity contribution in [1.82, 2.24) is 10.6 Å². The highest BCUT2D eigenvalue weighted by Gasteiger charge is 2.38. The molecular weight excluding hydrogens is 164 g/mol. The van der Waals surface area contributed by atoms with Crippen LogP contribution >= 0.6 is 0 Å². The minimum Gasteiger partial charge on any atom is -0.359 e. The molecule has 0 aliphatic carbocycles. The zero-order valence-electron chi connectivity index (χ0n) is 8.60. The Morgan fingerprint density at radius 2 is 2.31 bits per heavy atom. The third-order valence-corrected chi connectivity index (χ3v) is 3.32. The summed E-state index contributed by atoms with van der Waals surface area (Å²) in [6.45, 7) is 8.62. The molecule has 0 bridgehead atoms. The van der Waals surface area contributed by atoms with E-state index in [1.54, 1.807) is 0 Å². The Bertz CT molecular complexity index is 166. The molecule has 3 heteroatoms. The summed E-state index contributed by atoms with van der Waals surface area (Å²) in [5.74, 6) is 1.41. The van der Waals surface area contributed by atoms with Gasteiger partial charge in [-0.1, -0.05) is 13.8 Å². The molecule has 0 aromatic rings. The van der Waals surface area contributed by atoms with Crippen LogP contribution in [-0.2, 0) is 4.74 Å². The summed E-state index contributed by atoms with van der Waals surface area (Å²) >= 11 is 0. The van der Waals surface area contributed by atoms with E-state index in [0.717, 1.165) is 38.6 Å². The van der Waals surface area contributed by atoms with Gasteiger partial charge in [-0.15, -0.1) is 0 Å². The third kappa shape index (κ3) is 1.87. The van der Waals surface area contributed by atoms with Crippen LogP contribution in [0.15, 0.2) is 0 Å². The van der Waals surface area contributed by atoms with Gasteiger partial charge in [-0.2, -0.15) is 0 Å². The quantitative estimate of drug-likeness (QED) is 0.625. The highest BCUT2D eigenvalue weighted by Crippen LogP contribution is 2.24. The Morgan fingerprint density at radius 1 is 1.46 bits per heavy atom. The highest BCUT2D eigenvalue weighted by atomic mass is 16.5. The summed E-state index contributed by atoms with van der Waals surface area (Å²) in [7, 11) is 0. The highest BCUT2D eigenvalue weighted by molar-refractivity contribution is 4.91. The molecule has 2 fully saturated rings. The lowest BCUT2D eigenvalue weighted by atomic mass is 9.94. The molecule has 0 radical (unpaired) electrons. The van der Waals surface area contributed by atoms with E-state index in [4.69, 9.17) is 4.74 Å². The van der Waals surface area contributed by atoms with E-state index in [2.05, 4.69) is 24.5 Å². The van der Waals surface area contributed by atoms with Crippen LogP contribution in [-0.4, -0.2) is 32.0 Å². The summed E-state index contributed by atoms with van der Waals surface area (Å²) in [6, 6.07) is 0. The average Bonchev–Trinajstić information content (AvgIpc) is 2.54. The minimum absolute atomic E-state index is 0.0224. The summed E-state index contributed by atoms with van der Waals surface area (Å²) in [6.07, 6.45) is 1.11. The molecule has 0 saturated carbocycles. The summed E-state index contributed by atoms with van der Waals surface area (Å²) in [4.78, 5) is 0. The van der Waals surface area contributed by atoms with Gasteiger partial charge in [0.2, 0.25) is 0 Å². The Hall–Kier alpha value is -0.120. The molecular formula is C10H20N2O. The first-order chi connectivity index (χ1) is 6.22. The molecule has 1 spiro atoms. The standard InChI is InChI=1S/C10H20N2O/c1-8(2)9-5-12-10(13-6-9)3-4-11-7-10/h8-9,11-12H,3-7H2,1-2H3. The van der Waals surface area contributed by atoms with E-state index in [-0.39, 0.29) is 5.72 Å². The Balaban J connectivity index is 1.88. The largest absolute Gasteiger partial charge is 0.359 e. The molecule has 2 rings (SSSR count). The van der Waals surface area contributed by atoms with E-state index in [1.807, 2.05) is 0 Å². The van der Waals surface area contributed by atoms with Gasteiger partial charge >= 0.3 is 0 Å². The second-order valence-corrected chi connectivity index (χ2v) is 4.62. The molecule has 13 heavy (non-hydrogen) atoms. The van der Waals surface area contributed by atoms with Crippen LogP contribution in [0.5, 0.6) is 0 Å². The van der Waals surface area contributed by atoms with Gasteiger partial charge in [0.25, 0.3) is 0 Å². The fraction of sp³-hybridized carbons (Fsp3) is 1.00. The van der Waals surface area contributed by atoms with E-state index < -0.39 is 0 Å². The minimum atomic E-state index is -0.0224. The predicted octanol–water partition coefficient (Wildman–Crippen LogP) is 0.568. The van der Waals surface area contributed by atoms with Crippen LogP contribution in [0.2, 0.25) is 0 Å². The van der Waals surface area contributed by atoms with Crippen molar-refractivity contribution in [3.63, 3.8) is 0 Å². The molecule has 2 saturated heterocycles. The maximum Gasteiger partial charge on any atom is 0.132 e. The van der Waals surface area contributed by atoms with Crippen LogP contribution in [0.25, 0.3) is 0 Å². The maximum atomic E-state index is 5.93. The van der Waals surface area contributed by atoms with Gasteiger partial charge in [0.05, 0.1) is 6.61 Å².